The lowest BCUT2D eigenvalue weighted by molar-refractivity contribution is 0.675. The predicted molar refractivity (Wildman–Crippen MR) is 97.3 cm³/mol. The predicted octanol–water partition coefficient (Wildman–Crippen LogP) is 4.61. The van der Waals surface area contributed by atoms with Gasteiger partial charge in [0.05, 0.1) is 6.04 Å². The van der Waals surface area contributed by atoms with E-state index in [-0.39, 0.29) is 6.04 Å². The van der Waals surface area contributed by atoms with Gasteiger partial charge in [-0.15, -0.1) is 0 Å². The largest absolute Gasteiger partial charge is 0.356 e. The summed E-state index contributed by atoms with van der Waals surface area (Å²) in [4.78, 5) is 0. The third kappa shape index (κ3) is 3.66. The van der Waals surface area contributed by atoms with Crippen LogP contribution < -0.4 is 10.6 Å². The fraction of sp³-hybridized carbons (Fsp3) is 0.316. The Labute approximate surface area is 137 Å². The number of hydrogen-bond donors (Lipinski definition) is 2. The van der Waals surface area contributed by atoms with Gasteiger partial charge in [0.15, 0.2) is 5.11 Å². The van der Waals surface area contributed by atoms with Gasteiger partial charge in [-0.2, -0.15) is 0 Å². The third-order valence-corrected chi connectivity index (χ3v) is 4.47. The van der Waals surface area contributed by atoms with E-state index >= 15 is 0 Å². The van der Waals surface area contributed by atoms with E-state index in [0.717, 1.165) is 5.69 Å². The Hall–Kier alpha value is -1.87. The lowest BCUT2D eigenvalue weighted by Crippen LogP contribution is -2.31. The maximum absolute atomic E-state index is 5.41. The molecule has 0 unspecified atom stereocenters. The number of thiocarbonyl (C=S) groups is 1. The third-order valence-electron chi connectivity index (χ3n) is 4.25. The van der Waals surface area contributed by atoms with E-state index in [2.05, 4.69) is 35.8 Å². The highest BCUT2D eigenvalue weighted by Crippen LogP contribution is 2.24. The van der Waals surface area contributed by atoms with Crippen molar-refractivity contribution in [3.05, 3.63) is 65.2 Å². The first-order valence-electron chi connectivity index (χ1n) is 7.96. The zero-order valence-corrected chi connectivity index (χ0v) is 13.7. The summed E-state index contributed by atoms with van der Waals surface area (Å²) in [7, 11) is 0. The summed E-state index contributed by atoms with van der Waals surface area (Å²) < 4.78 is 0. The Morgan fingerprint density at radius 1 is 1.00 bits per heavy atom. The van der Waals surface area contributed by atoms with Crippen LogP contribution >= 0.6 is 12.2 Å². The van der Waals surface area contributed by atoms with Gasteiger partial charge in [0.25, 0.3) is 0 Å². The molecule has 2 nitrogen and oxygen atoms in total. The summed E-state index contributed by atoms with van der Waals surface area (Å²) >= 11 is 5.41. The number of rotatable bonds is 3. The molecule has 22 heavy (non-hydrogen) atoms. The Morgan fingerprint density at radius 2 is 1.73 bits per heavy atom. The first-order chi connectivity index (χ1) is 10.7. The van der Waals surface area contributed by atoms with Crippen LogP contribution in [-0.2, 0) is 12.8 Å². The molecule has 0 radical (unpaired) electrons. The Kier molecular flexibility index (Phi) is 4.74. The molecule has 2 aromatic carbocycles. The summed E-state index contributed by atoms with van der Waals surface area (Å²) in [6, 6.07) is 17.1. The second-order valence-corrected chi connectivity index (χ2v) is 6.33. The molecule has 1 aliphatic rings. The normalized spacial score (nSPS) is 14.8. The zero-order valence-electron chi connectivity index (χ0n) is 12.9. The molecule has 0 aliphatic heterocycles. The Balaban J connectivity index is 1.64. The van der Waals surface area contributed by atoms with Crippen LogP contribution in [0.25, 0.3) is 0 Å². The van der Waals surface area contributed by atoms with Gasteiger partial charge in [0.1, 0.15) is 0 Å². The summed E-state index contributed by atoms with van der Waals surface area (Å²) in [5.41, 5.74) is 5.35. The summed E-state index contributed by atoms with van der Waals surface area (Å²) in [5, 5.41) is 7.26. The van der Waals surface area contributed by atoms with Crippen LogP contribution in [0.1, 0.15) is 42.5 Å². The van der Waals surface area contributed by atoms with Gasteiger partial charge in [-0.05, 0) is 73.6 Å². The van der Waals surface area contributed by atoms with Crippen molar-refractivity contribution in [3.63, 3.8) is 0 Å². The number of fused-ring (bicyclic) bond motifs is 1. The van der Waals surface area contributed by atoms with E-state index in [4.69, 9.17) is 12.2 Å². The smallest absolute Gasteiger partial charge is 0.171 e. The van der Waals surface area contributed by atoms with Crippen LogP contribution in [0.2, 0.25) is 0 Å². The molecular weight excluding hydrogens is 288 g/mol. The first kappa shape index (κ1) is 15.0. The van der Waals surface area contributed by atoms with Crippen molar-refractivity contribution >= 4 is 23.0 Å². The number of nitrogens with one attached hydrogen (secondary N) is 2. The second kappa shape index (κ2) is 6.93. The molecule has 0 saturated heterocycles. The van der Waals surface area contributed by atoms with Gasteiger partial charge in [0, 0.05) is 5.69 Å². The fourth-order valence-corrected chi connectivity index (χ4v) is 3.29. The first-order valence-corrected chi connectivity index (χ1v) is 8.37. The second-order valence-electron chi connectivity index (χ2n) is 5.92. The van der Waals surface area contributed by atoms with Gasteiger partial charge >= 0.3 is 0 Å². The van der Waals surface area contributed by atoms with Gasteiger partial charge in [-0.3, -0.25) is 0 Å². The highest BCUT2D eigenvalue weighted by Gasteiger charge is 2.13. The Morgan fingerprint density at radius 3 is 2.50 bits per heavy atom. The molecule has 114 valence electrons. The minimum atomic E-state index is 0.205. The van der Waals surface area contributed by atoms with E-state index < -0.39 is 0 Å². The molecule has 3 heteroatoms. The average Bonchev–Trinajstić information content (AvgIpc) is 2.55. The van der Waals surface area contributed by atoms with Crippen LogP contribution in [0.5, 0.6) is 0 Å². The molecule has 0 heterocycles. The van der Waals surface area contributed by atoms with Gasteiger partial charge in [-0.1, -0.05) is 36.4 Å². The standard InChI is InChI=1S/C19H22N2S/c1-14(20-19(22)21-18-9-3-2-4-10-18)16-12-11-15-7-5-6-8-17(15)13-16/h2-4,9-14H,5-8H2,1H3,(H2,20,21,22)/t14-/m1/s1. The molecule has 0 aromatic heterocycles. The van der Waals surface area contributed by atoms with Gasteiger partial charge in [-0.25, -0.2) is 0 Å². The van der Waals surface area contributed by atoms with Crippen LogP contribution in [0.3, 0.4) is 0 Å². The van der Waals surface area contributed by atoms with Crippen LogP contribution in [0.15, 0.2) is 48.5 Å². The minimum absolute atomic E-state index is 0.205. The molecule has 0 spiro atoms. The maximum atomic E-state index is 5.41. The zero-order chi connectivity index (χ0) is 15.4. The van der Waals surface area contributed by atoms with E-state index in [9.17, 15) is 0 Å². The monoisotopic (exact) mass is 310 g/mol. The van der Waals surface area contributed by atoms with E-state index in [1.54, 1.807) is 0 Å². The molecule has 0 saturated carbocycles. The topological polar surface area (TPSA) is 24.1 Å². The molecule has 0 amide bonds. The average molecular weight is 310 g/mol. The van der Waals surface area contributed by atoms with Crippen molar-refractivity contribution in [2.45, 2.75) is 38.6 Å². The maximum Gasteiger partial charge on any atom is 0.171 e. The van der Waals surface area contributed by atoms with Crippen molar-refractivity contribution in [1.29, 1.82) is 0 Å². The van der Waals surface area contributed by atoms with Gasteiger partial charge in [0.2, 0.25) is 0 Å². The quantitative estimate of drug-likeness (QED) is 0.809. The lowest BCUT2D eigenvalue weighted by Gasteiger charge is -2.21. The van der Waals surface area contributed by atoms with E-state index in [0.29, 0.717) is 5.11 Å². The van der Waals surface area contributed by atoms with Crippen molar-refractivity contribution < 1.29 is 0 Å². The number of anilines is 1. The summed E-state index contributed by atoms with van der Waals surface area (Å²) in [5.74, 6) is 0. The summed E-state index contributed by atoms with van der Waals surface area (Å²) in [6.07, 6.45) is 5.07. The summed E-state index contributed by atoms with van der Waals surface area (Å²) in [6.45, 7) is 2.16. The highest BCUT2D eigenvalue weighted by atomic mass is 32.1. The Bertz CT molecular complexity index is 652. The number of hydrogen-bond acceptors (Lipinski definition) is 1. The van der Waals surface area contributed by atoms with Crippen LogP contribution in [0.4, 0.5) is 5.69 Å². The van der Waals surface area contributed by atoms with Crippen molar-refractivity contribution in [3.8, 4) is 0 Å². The lowest BCUT2D eigenvalue weighted by atomic mass is 9.89. The molecule has 2 N–H and O–H groups in total. The number of aryl methyl sites for hydroxylation is 2. The van der Waals surface area contributed by atoms with Crippen LogP contribution in [0, 0.1) is 0 Å². The SMILES string of the molecule is C[C@@H](NC(=S)Nc1ccccc1)c1ccc2c(c1)CCCC2. The molecule has 0 fully saturated rings. The van der Waals surface area contributed by atoms with Crippen molar-refractivity contribution in [2.24, 2.45) is 0 Å². The molecular formula is C19H22N2S. The van der Waals surface area contributed by atoms with Crippen molar-refractivity contribution in [1.82, 2.24) is 5.32 Å². The van der Waals surface area contributed by atoms with E-state index in [1.165, 1.54) is 42.4 Å². The van der Waals surface area contributed by atoms with Crippen LogP contribution in [-0.4, -0.2) is 5.11 Å². The highest BCUT2D eigenvalue weighted by molar-refractivity contribution is 7.80. The molecule has 0 bridgehead atoms. The minimum Gasteiger partial charge on any atom is -0.356 e. The fourth-order valence-electron chi connectivity index (χ4n) is 2.99. The molecule has 1 aliphatic carbocycles. The van der Waals surface area contributed by atoms with E-state index in [1.807, 2.05) is 30.3 Å². The molecule has 2 aromatic rings. The van der Waals surface area contributed by atoms with Gasteiger partial charge < -0.3 is 10.6 Å². The number of benzene rings is 2. The van der Waals surface area contributed by atoms with Crippen molar-refractivity contribution in [2.75, 3.05) is 5.32 Å². The molecule has 3 rings (SSSR count). The molecule has 1 atom stereocenters. The number of para-hydroxylation sites is 1.